The Hall–Kier alpha value is -3.35. The van der Waals surface area contributed by atoms with Crippen molar-refractivity contribution in [2.24, 2.45) is 5.10 Å². The van der Waals surface area contributed by atoms with E-state index in [1.807, 2.05) is 55.5 Å². The SMILES string of the molecule is C/C(=N\NC(=O)c1ccc(C(C)(C)C)cc1)c1cccc(-n2cnnn2)c1. The van der Waals surface area contributed by atoms with Crippen molar-refractivity contribution in [1.29, 1.82) is 0 Å². The monoisotopic (exact) mass is 362 g/mol. The molecule has 7 nitrogen and oxygen atoms in total. The first-order valence-corrected chi connectivity index (χ1v) is 8.63. The van der Waals surface area contributed by atoms with Crippen LogP contribution < -0.4 is 5.43 Å². The molecule has 0 fully saturated rings. The number of carbonyl (C=O) groups excluding carboxylic acids is 1. The topological polar surface area (TPSA) is 85.1 Å². The van der Waals surface area contributed by atoms with Crippen molar-refractivity contribution < 1.29 is 4.79 Å². The molecule has 1 amide bonds. The average molecular weight is 362 g/mol. The summed E-state index contributed by atoms with van der Waals surface area (Å²) in [6.07, 6.45) is 1.52. The second kappa shape index (κ2) is 7.49. The van der Waals surface area contributed by atoms with Gasteiger partial charge in [0.25, 0.3) is 5.91 Å². The first-order valence-electron chi connectivity index (χ1n) is 8.63. The van der Waals surface area contributed by atoms with E-state index >= 15 is 0 Å². The van der Waals surface area contributed by atoms with E-state index in [-0.39, 0.29) is 11.3 Å². The summed E-state index contributed by atoms with van der Waals surface area (Å²) in [5.74, 6) is -0.244. The van der Waals surface area contributed by atoms with Crippen LogP contribution in [0.4, 0.5) is 0 Å². The van der Waals surface area contributed by atoms with E-state index in [9.17, 15) is 4.79 Å². The van der Waals surface area contributed by atoms with Crippen LogP contribution in [0.5, 0.6) is 0 Å². The van der Waals surface area contributed by atoms with Crippen LogP contribution in [0, 0.1) is 0 Å². The van der Waals surface area contributed by atoms with Crippen LogP contribution in [-0.2, 0) is 5.41 Å². The molecule has 1 N–H and O–H groups in total. The lowest BCUT2D eigenvalue weighted by Gasteiger charge is -2.18. The maximum atomic E-state index is 12.3. The molecule has 0 bridgehead atoms. The van der Waals surface area contributed by atoms with Crippen molar-refractivity contribution in [3.63, 3.8) is 0 Å². The first-order chi connectivity index (χ1) is 12.8. The van der Waals surface area contributed by atoms with Gasteiger partial charge < -0.3 is 0 Å². The number of nitrogens with one attached hydrogen (secondary N) is 1. The Morgan fingerprint density at radius 1 is 1.07 bits per heavy atom. The average Bonchev–Trinajstić information content (AvgIpc) is 3.20. The zero-order valence-electron chi connectivity index (χ0n) is 15.8. The smallest absolute Gasteiger partial charge is 0.267 e. The van der Waals surface area contributed by atoms with Crippen LogP contribution in [0.15, 0.2) is 60.0 Å². The predicted molar refractivity (Wildman–Crippen MR) is 104 cm³/mol. The van der Waals surface area contributed by atoms with E-state index in [0.29, 0.717) is 11.3 Å². The van der Waals surface area contributed by atoms with Gasteiger partial charge in [0.05, 0.1) is 11.4 Å². The zero-order valence-corrected chi connectivity index (χ0v) is 15.8. The fraction of sp³-hybridized carbons (Fsp3) is 0.250. The van der Waals surface area contributed by atoms with E-state index in [2.05, 4.69) is 46.8 Å². The summed E-state index contributed by atoms with van der Waals surface area (Å²) in [7, 11) is 0. The highest BCUT2D eigenvalue weighted by Gasteiger charge is 2.14. The number of nitrogens with zero attached hydrogens (tertiary/aromatic N) is 5. The first kappa shape index (κ1) is 18.4. The molecule has 0 atom stereocenters. The van der Waals surface area contributed by atoms with Gasteiger partial charge in [-0.25, -0.2) is 10.1 Å². The van der Waals surface area contributed by atoms with E-state index < -0.39 is 0 Å². The van der Waals surface area contributed by atoms with E-state index in [1.165, 1.54) is 11.9 Å². The minimum absolute atomic E-state index is 0.0500. The molecule has 3 rings (SSSR count). The number of hydrogen-bond acceptors (Lipinski definition) is 5. The summed E-state index contributed by atoms with van der Waals surface area (Å²) in [5, 5.41) is 15.4. The minimum atomic E-state index is -0.244. The molecule has 3 aromatic rings. The zero-order chi connectivity index (χ0) is 19.4. The second-order valence-electron chi connectivity index (χ2n) is 7.27. The summed E-state index contributed by atoms with van der Waals surface area (Å²) >= 11 is 0. The Balaban J connectivity index is 1.72. The van der Waals surface area contributed by atoms with Gasteiger partial charge in [0.1, 0.15) is 6.33 Å². The van der Waals surface area contributed by atoms with Crippen LogP contribution in [-0.4, -0.2) is 31.8 Å². The molecule has 2 aromatic carbocycles. The van der Waals surface area contributed by atoms with E-state index in [0.717, 1.165) is 11.3 Å². The molecule has 138 valence electrons. The number of aromatic nitrogens is 4. The standard InChI is InChI=1S/C20H22N6O/c1-14(16-6-5-7-18(12-16)26-13-21-24-25-26)22-23-19(27)15-8-10-17(11-9-15)20(2,3)4/h5-13H,1-4H3,(H,23,27)/b22-14+. The summed E-state index contributed by atoms with van der Waals surface area (Å²) in [4.78, 5) is 12.3. The third-order valence-corrected chi connectivity index (χ3v) is 4.22. The van der Waals surface area contributed by atoms with Gasteiger partial charge in [-0.15, -0.1) is 5.10 Å². The highest BCUT2D eigenvalue weighted by Crippen LogP contribution is 2.22. The third-order valence-electron chi connectivity index (χ3n) is 4.22. The molecule has 7 heteroatoms. The van der Waals surface area contributed by atoms with Crippen molar-refractivity contribution in [2.75, 3.05) is 0 Å². The molecule has 0 unspecified atom stereocenters. The summed E-state index contributed by atoms with van der Waals surface area (Å²) in [6, 6.07) is 15.2. The van der Waals surface area contributed by atoms with Gasteiger partial charge in [-0.3, -0.25) is 4.79 Å². The number of rotatable bonds is 4. The molecule has 0 saturated carbocycles. The van der Waals surface area contributed by atoms with Gasteiger partial charge in [-0.05, 0) is 58.2 Å². The van der Waals surface area contributed by atoms with Crippen LogP contribution in [0.2, 0.25) is 0 Å². The number of hydrogen-bond donors (Lipinski definition) is 1. The Labute approximate surface area is 158 Å². The van der Waals surface area contributed by atoms with Gasteiger partial charge in [0.15, 0.2) is 0 Å². The lowest BCUT2D eigenvalue weighted by molar-refractivity contribution is 0.0955. The molecule has 0 saturated heterocycles. The molecule has 0 aliphatic rings. The molecule has 27 heavy (non-hydrogen) atoms. The second-order valence-corrected chi connectivity index (χ2v) is 7.27. The molecular weight excluding hydrogens is 340 g/mol. The van der Waals surface area contributed by atoms with Gasteiger partial charge in [-0.2, -0.15) is 5.10 Å². The Morgan fingerprint density at radius 2 is 1.81 bits per heavy atom. The largest absolute Gasteiger partial charge is 0.271 e. The summed E-state index contributed by atoms with van der Waals surface area (Å²) in [5.41, 5.74) is 6.78. The van der Waals surface area contributed by atoms with Gasteiger partial charge >= 0.3 is 0 Å². The Bertz CT molecular complexity index is 953. The highest BCUT2D eigenvalue weighted by molar-refractivity contribution is 6.01. The molecule has 0 radical (unpaired) electrons. The van der Waals surface area contributed by atoms with Crippen molar-refractivity contribution in [3.05, 3.63) is 71.5 Å². The highest BCUT2D eigenvalue weighted by atomic mass is 16.2. The maximum absolute atomic E-state index is 12.3. The third kappa shape index (κ3) is 4.44. The predicted octanol–water partition coefficient (Wildman–Crippen LogP) is 3.11. The van der Waals surface area contributed by atoms with Crippen molar-refractivity contribution in [2.45, 2.75) is 33.1 Å². The van der Waals surface area contributed by atoms with Crippen LogP contribution in [0.25, 0.3) is 5.69 Å². The van der Waals surface area contributed by atoms with Crippen molar-refractivity contribution >= 4 is 11.6 Å². The molecule has 0 aliphatic carbocycles. The van der Waals surface area contributed by atoms with Gasteiger partial charge in [-0.1, -0.05) is 45.0 Å². The number of benzene rings is 2. The van der Waals surface area contributed by atoms with Crippen molar-refractivity contribution in [3.8, 4) is 5.69 Å². The molecule has 0 spiro atoms. The Morgan fingerprint density at radius 3 is 2.44 bits per heavy atom. The molecular formula is C20H22N6O. The van der Waals surface area contributed by atoms with Crippen LogP contribution in [0.3, 0.4) is 0 Å². The maximum Gasteiger partial charge on any atom is 0.271 e. The minimum Gasteiger partial charge on any atom is -0.267 e. The number of amides is 1. The van der Waals surface area contributed by atoms with Crippen molar-refractivity contribution in [1.82, 2.24) is 25.6 Å². The van der Waals surface area contributed by atoms with E-state index in [1.54, 1.807) is 4.68 Å². The molecule has 0 aliphatic heterocycles. The lowest BCUT2D eigenvalue weighted by Crippen LogP contribution is -2.20. The molecule has 1 heterocycles. The Kier molecular flexibility index (Phi) is 5.12. The summed E-state index contributed by atoms with van der Waals surface area (Å²) < 4.78 is 1.56. The molecule has 1 aromatic heterocycles. The number of carbonyl (C=O) groups is 1. The van der Waals surface area contributed by atoms with Gasteiger partial charge in [0.2, 0.25) is 0 Å². The number of tetrazole rings is 1. The number of hydrazone groups is 1. The normalized spacial score (nSPS) is 12.1. The fourth-order valence-electron chi connectivity index (χ4n) is 2.54. The lowest BCUT2D eigenvalue weighted by atomic mass is 9.87. The van der Waals surface area contributed by atoms with Crippen LogP contribution in [0.1, 0.15) is 49.2 Å². The van der Waals surface area contributed by atoms with E-state index in [4.69, 9.17) is 0 Å². The fourth-order valence-corrected chi connectivity index (χ4v) is 2.54. The summed E-state index contributed by atoms with van der Waals surface area (Å²) in [6.45, 7) is 8.25. The van der Waals surface area contributed by atoms with Crippen LogP contribution >= 0.6 is 0 Å². The quantitative estimate of drug-likeness (QED) is 0.571. The van der Waals surface area contributed by atoms with Gasteiger partial charge in [0, 0.05) is 5.56 Å².